The molecule has 2 heterocycles. The fourth-order valence-corrected chi connectivity index (χ4v) is 2.27. The largest absolute Gasteiger partial charge is 0.384 e. The first-order chi connectivity index (χ1) is 8.15. The number of hydrogen-bond acceptors (Lipinski definition) is 3. The molecule has 1 aliphatic heterocycles. The van der Waals surface area contributed by atoms with Crippen molar-refractivity contribution in [2.45, 2.75) is 6.42 Å². The molecule has 4 N–H and O–H groups in total. The third-order valence-electron chi connectivity index (χ3n) is 2.76. The highest BCUT2D eigenvalue weighted by Gasteiger charge is 2.23. The van der Waals surface area contributed by atoms with Crippen molar-refractivity contribution in [1.82, 2.24) is 10.2 Å². The van der Waals surface area contributed by atoms with Crippen molar-refractivity contribution in [2.24, 2.45) is 0 Å². The molecular weight excluding hydrogens is 240 g/mol. The van der Waals surface area contributed by atoms with Crippen LogP contribution in [0.15, 0.2) is 18.3 Å². The van der Waals surface area contributed by atoms with Crippen molar-refractivity contribution < 1.29 is 4.79 Å². The summed E-state index contributed by atoms with van der Waals surface area (Å²) in [6.45, 7) is 0. The second-order valence-corrected chi connectivity index (χ2v) is 4.35. The fourth-order valence-electron chi connectivity index (χ4n) is 2.03. The molecule has 6 heteroatoms. The lowest BCUT2D eigenvalue weighted by Crippen LogP contribution is -2.04. The monoisotopic (exact) mass is 248 g/mol. The Morgan fingerprint density at radius 3 is 2.88 bits per heavy atom. The van der Waals surface area contributed by atoms with Crippen LogP contribution in [-0.2, 0) is 11.2 Å². The van der Waals surface area contributed by atoms with Gasteiger partial charge < -0.3 is 11.1 Å². The minimum atomic E-state index is -0.0365. The van der Waals surface area contributed by atoms with Crippen LogP contribution in [0.1, 0.15) is 5.56 Å². The van der Waals surface area contributed by atoms with E-state index in [9.17, 15) is 4.79 Å². The first kappa shape index (κ1) is 10.2. The Balaban J connectivity index is 2.25. The first-order valence-corrected chi connectivity index (χ1v) is 5.44. The van der Waals surface area contributed by atoms with Crippen LogP contribution >= 0.6 is 11.6 Å². The van der Waals surface area contributed by atoms with Gasteiger partial charge in [-0.3, -0.25) is 9.89 Å². The maximum Gasteiger partial charge on any atom is 0.228 e. The van der Waals surface area contributed by atoms with Gasteiger partial charge in [0.25, 0.3) is 0 Å². The Hall–Kier alpha value is -2.01. The summed E-state index contributed by atoms with van der Waals surface area (Å²) < 4.78 is 0. The molecule has 1 aromatic carbocycles. The molecule has 1 amide bonds. The van der Waals surface area contributed by atoms with E-state index in [2.05, 4.69) is 15.5 Å². The van der Waals surface area contributed by atoms with Crippen LogP contribution in [0.5, 0.6) is 0 Å². The first-order valence-electron chi connectivity index (χ1n) is 5.06. The van der Waals surface area contributed by atoms with Gasteiger partial charge >= 0.3 is 0 Å². The minimum absolute atomic E-state index is 0.0365. The number of nitrogens with zero attached hydrogens (tertiary/aromatic N) is 1. The molecule has 0 radical (unpaired) electrons. The van der Waals surface area contributed by atoms with E-state index in [-0.39, 0.29) is 5.91 Å². The van der Waals surface area contributed by atoms with Gasteiger partial charge in [0.1, 0.15) is 5.82 Å². The van der Waals surface area contributed by atoms with E-state index < -0.39 is 0 Å². The van der Waals surface area contributed by atoms with Gasteiger partial charge in [-0.15, -0.1) is 0 Å². The number of nitrogen functional groups attached to an aromatic ring is 1. The second-order valence-electron chi connectivity index (χ2n) is 3.91. The van der Waals surface area contributed by atoms with Crippen LogP contribution in [-0.4, -0.2) is 16.1 Å². The number of carbonyl (C=O) groups excluding carboxylic acids is 1. The van der Waals surface area contributed by atoms with Crippen LogP contribution in [0.25, 0.3) is 11.1 Å². The van der Waals surface area contributed by atoms with E-state index in [1.807, 2.05) is 0 Å². The molecule has 1 aromatic heterocycles. The number of anilines is 2. The molecule has 17 heavy (non-hydrogen) atoms. The highest BCUT2D eigenvalue weighted by molar-refractivity contribution is 6.31. The van der Waals surface area contributed by atoms with E-state index in [1.54, 1.807) is 18.3 Å². The van der Waals surface area contributed by atoms with Crippen molar-refractivity contribution >= 4 is 29.0 Å². The minimum Gasteiger partial charge on any atom is -0.384 e. The number of benzene rings is 1. The van der Waals surface area contributed by atoms with Gasteiger partial charge in [-0.05, 0) is 17.7 Å². The number of rotatable bonds is 1. The van der Waals surface area contributed by atoms with Gasteiger partial charge in [-0.2, -0.15) is 5.10 Å². The number of aromatic amines is 1. The highest BCUT2D eigenvalue weighted by Crippen LogP contribution is 2.38. The molecule has 3 rings (SSSR count). The van der Waals surface area contributed by atoms with E-state index in [1.165, 1.54) is 0 Å². The van der Waals surface area contributed by atoms with E-state index in [0.29, 0.717) is 17.3 Å². The Bertz CT molecular complexity index is 620. The lowest BCUT2D eigenvalue weighted by Gasteiger charge is -2.08. The van der Waals surface area contributed by atoms with Crippen LogP contribution in [0.3, 0.4) is 0 Å². The van der Waals surface area contributed by atoms with Gasteiger partial charge in [0.2, 0.25) is 5.91 Å². The van der Waals surface area contributed by atoms with Gasteiger partial charge in [0.15, 0.2) is 0 Å². The normalized spacial score (nSPS) is 13.6. The number of halogens is 1. The zero-order valence-electron chi connectivity index (χ0n) is 8.75. The van der Waals surface area contributed by atoms with Crippen LogP contribution in [0.4, 0.5) is 11.5 Å². The third-order valence-corrected chi connectivity index (χ3v) is 2.98. The molecule has 0 saturated heterocycles. The van der Waals surface area contributed by atoms with Crippen molar-refractivity contribution in [2.75, 3.05) is 11.1 Å². The lowest BCUT2D eigenvalue weighted by molar-refractivity contribution is -0.115. The summed E-state index contributed by atoms with van der Waals surface area (Å²) in [6, 6.07) is 3.56. The predicted molar refractivity (Wildman–Crippen MR) is 65.8 cm³/mol. The lowest BCUT2D eigenvalue weighted by atomic mass is 10.0. The van der Waals surface area contributed by atoms with Gasteiger partial charge in [0.05, 0.1) is 18.3 Å². The Kier molecular flexibility index (Phi) is 2.09. The zero-order chi connectivity index (χ0) is 12.0. The molecule has 0 bridgehead atoms. The van der Waals surface area contributed by atoms with Crippen molar-refractivity contribution in [3.63, 3.8) is 0 Å². The van der Waals surface area contributed by atoms with Crippen LogP contribution < -0.4 is 11.1 Å². The molecule has 2 aromatic rings. The summed E-state index contributed by atoms with van der Waals surface area (Å²) in [7, 11) is 0. The van der Waals surface area contributed by atoms with Crippen molar-refractivity contribution in [3.8, 4) is 11.1 Å². The molecule has 86 valence electrons. The summed E-state index contributed by atoms with van der Waals surface area (Å²) in [5.74, 6) is 0.418. The topological polar surface area (TPSA) is 83.8 Å². The summed E-state index contributed by atoms with van der Waals surface area (Å²) >= 11 is 6.03. The van der Waals surface area contributed by atoms with Crippen molar-refractivity contribution in [1.29, 1.82) is 0 Å². The number of hydrogen-bond donors (Lipinski definition) is 3. The number of amides is 1. The Labute approximate surface area is 102 Å². The Morgan fingerprint density at radius 1 is 1.35 bits per heavy atom. The maximum absolute atomic E-state index is 11.4. The van der Waals surface area contributed by atoms with Crippen molar-refractivity contribution in [3.05, 3.63) is 28.9 Å². The molecule has 5 nitrogen and oxygen atoms in total. The van der Waals surface area contributed by atoms with Gasteiger partial charge in [-0.1, -0.05) is 11.6 Å². The summed E-state index contributed by atoms with van der Waals surface area (Å²) in [4.78, 5) is 11.4. The number of aromatic nitrogens is 2. The third kappa shape index (κ3) is 1.55. The number of carbonyl (C=O) groups is 1. The molecule has 0 saturated carbocycles. The second kappa shape index (κ2) is 3.49. The SMILES string of the molecule is Nc1[nH]ncc1-c1cc(Cl)cc2c1NC(=O)C2. The van der Waals surface area contributed by atoms with Crippen LogP contribution in [0, 0.1) is 0 Å². The number of H-pyrrole nitrogens is 1. The van der Waals surface area contributed by atoms with E-state index in [4.69, 9.17) is 17.3 Å². The smallest absolute Gasteiger partial charge is 0.228 e. The van der Waals surface area contributed by atoms with Gasteiger partial charge in [-0.25, -0.2) is 0 Å². The molecule has 0 spiro atoms. The van der Waals surface area contributed by atoms with Gasteiger partial charge in [0, 0.05) is 16.1 Å². The molecule has 0 atom stereocenters. The van der Waals surface area contributed by atoms with Crippen LogP contribution in [0.2, 0.25) is 5.02 Å². The summed E-state index contributed by atoms with van der Waals surface area (Å²) in [5.41, 5.74) is 8.97. The number of fused-ring (bicyclic) bond motifs is 1. The number of nitrogens with two attached hydrogens (primary N) is 1. The molecular formula is C11H9ClN4O. The molecule has 0 fully saturated rings. The molecule has 1 aliphatic rings. The zero-order valence-corrected chi connectivity index (χ0v) is 9.51. The predicted octanol–water partition coefficient (Wildman–Crippen LogP) is 1.81. The molecule has 0 unspecified atom stereocenters. The quantitative estimate of drug-likeness (QED) is 0.720. The average molecular weight is 249 g/mol. The van der Waals surface area contributed by atoms with E-state index in [0.717, 1.165) is 22.4 Å². The summed E-state index contributed by atoms with van der Waals surface area (Å²) in [6.07, 6.45) is 1.96. The average Bonchev–Trinajstić information content (AvgIpc) is 2.82. The number of nitrogens with one attached hydrogen (secondary N) is 2. The Morgan fingerprint density at radius 2 is 2.18 bits per heavy atom. The maximum atomic E-state index is 11.4. The van der Waals surface area contributed by atoms with E-state index >= 15 is 0 Å². The summed E-state index contributed by atoms with van der Waals surface area (Å²) in [5, 5.41) is 9.92. The standard InChI is InChI=1S/C11H9ClN4O/c12-6-1-5-2-9(17)15-10(5)7(3-6)8-4-14-16-11(8)13/h1,3-4H,2H2,(H,15,17)(H3,13,14,16). The molecule has 0 aliphatic carbocycles. The highest BCUT2D eigenvalue weighted by atomic mass is 35.5. The fraction of sp³-hybridized carbons (Fsp3) is 0.0909.